The molecule has 0 aromatic carbocycles. The molecule has 0 radical (unpaired) electrons. The van der Waals surface area contributed by atoms with E-state index in [1.165, 1.54) is 6.07 Å². The van der Waals surface area contributed by atoms with Gasteiger partial charge in [-0.15, -0.1) is 0 Å². The largest absolute Gasteiger partial charge is 0.478 e. The Labute approximate surface area is 102 Å². The van der Waals surface area contributed by atoms with Crippen molar-refractivity contribution >= 4 is 17.6 Å². The van der Waals surface area contributed by atoms with Crippen LogP contribution in [-0.2, 0) is 0 Å². The Balaban J connectivity index is 2.85. The van der Waals surface area contributed by atoms with E-state index in [9.17, 15) is 4.79 Å². The Morgan fingerprint density at radius 2 is 2.47 bits per heavy atom. The summed E-state index contributed by atoms with van der Waals surface area (Å²) >= 11 is 5.75. The summed E-state index contributed by atoms with van der Waals surface area (Å²) in [5.74, 6) is 4.30. The van der Waals surface area contributed by atoms with Crippen molar-refractivity contribution in [2.75, 3.05) is 6.54 Å². The molecule has 0 atom stereocenters. The van der Waals surface area contributed by atoms with E-state index in [1.54, 1.807) is 0 Å². The fourth-order valence-corrected chi connectivity index (χ4v) is 1.11. The zero-order valence-corrected chi connectivity index (χ0v) is 9.35. The lowest BCUT2D eigenvalue weighted by molar-refractivity contribution is 0.0696. The fraction of sp³-hybridized carbons (Fsp3) is 0.200. The Hall–Kier alpha value is -2.22. The maximum atomic E-state index is 10.7. The summed E-state index contributed by atoms with van der Waals surface area (Å²) in [7, 11) is 0. The molecule has 0 unspecified atom stereocenters. The Kier molecular flexibility index (Phi) is 4.82. The summed E-state index contributed by atoms with van der Waals surface area (Å²) in [4.78, 5) is 17.0. The summed E-state index contributed by atoms with van der Waals surface area (Å²) in [5, 5.41) is 12.2. The quantitative estimate of drug-likeness (QED) is 0.223. The van der Waals surface area contributed by atoms with Crippen LogP contribution in [0.4, 0.5) is 0 Å². The first-order valence-electron chi connectivity index (χ1n) is 4.53. The number of nitrogens with zero attached hydrogens (tertiary/aromatic N) is 4. The van der Waals surface area contributed by atoms with Gasteiger partial charge in [0.1, 0.15) is 5.15 Å². The van der Waals surface area contributed by atoms with Crippen molar-refractivity contribution in [1.82, 2.24) is 4.98 Å². The molecule has 7 heteroatoms. The number of hydrogen-bond acceptors (Lipinski definition) is 3. The first-order chi connectivity index (χ1) is 8.15. The van der Waals surface area contributed by atoms with Gasteiger partial charge in [-0.3, -0.25) is 0 Å². The molecular formula is C10H7ClN4O2. The molecule has 1 aromatic rings. The second-order valence-corrected chi connectivity index (χ2v) is 3.23. The molecule has 0 aliphatic rings. The fourth-order valence-electron chi connectivity index (χ4n) is 0.961. The molecule has 0 saturated carbocycles. The lowest BCUT2D eigenvalue weighted by atomic mass is 10.2. The molecule has 6 nitrogen and oxygen atoms in total. The van der Waals surface area contributed by atoms with Crippen LogP contribution in [0.5, 0.6) is 0 Å². The summed E-state index contributed by atoms with van der Waals surface area (Å²) in [5.41, 5.74) is 8.40. The molecule has 0 aliphatic carbocycles. The lowest BCUT2D eigenvalue weighted by Gasteiger charge is -1.97. The van der Waals surface area contributed by atoms with Crippen LogP contribution in [-0.4, -0.2) is 22.6 Å². The molecule has 0 spiro atoms. The molecule has 1 heterocycles. The van der Waals surface area contributed by atoms with Gasteiger partial charge in [0.15, 0.2) is 0 Å². The molecule has 1 N–H and O–H groups in total. The third kappa shape index (κ3) is 4.03. The van der Waals surface area contributed by atoms with Crippen molar-refractivity contribution < 1.29 is 9.90 Å². The monoisotopic (exact) mass is 250 g/mol. The predicted octanol–water partition coefficient (Wildman–Crippen LogP) is 2.49. The number of pyridine rings is 1. The number of carbonyl (C=O) groups is 1. The van der Waals surface area contributed by atoms with E-state index in [1.807, 2.05) is 0 Å². The number of carboxylic acids is 1. The van der Waals surface area contributed by atoms with Crippen LogP contribution in [0.3, 0.4) is 0 Å². The molecule has 0 fully saturated rings. The van der Waals surface area contributed by atoms with Gasteiger partial charge >= 0.3 is 5.97 Å². The van der Waals surface area contributed by atoms with Gasteiger partial charge in [-0.2, -0.15) is 0 Å². The number of carboxylic acid groups (broad SMARTS) is 1. The first-order valence-corrected chi connectivity index (χ1v) is 4.91. The van der Waals surface area contributed by atoms with Crippen molar-refractivity contribution in [2.45, 2.75) is 6.42 Å². The van der Waals surface area contributed by atoms with E-state index in [-0.39, 0.29) is 17.3 Å². The number of rotatable bonds is 3. The molecule has 0 aliphatic heterocycles. The van der Waals surface area contributed by atoms with Gasteiger partial charge in [0, 0.05) is 24.1 Å². The van der Waals surface area contributed by atoms with Crippen molar-refractivity contribution in [3.63, 3.8) is 0 Å². The second kappa shape index (κ2) is 6.38. The lowest BCUT2D eigenvalue weighted by Crippen LogP contribution is -1.98. The SMILES string of the molecule is [N-]=[N+]=NCCC#Cc1cc(C(=O)O)cnc1Cl. The van der Waals surface area contributed by atoms with Gasteiger partial charge in [-0.1, -0.05) is 28.6 Å². The summed E-state index contributed by atoms with van der Waals surface area (Å²) < 4.78 is 0. The van der Waals surface area contributed by atoms with Gasteiger partial charge in [-0.25, -0.2) is 9.78 Å². The van der Waals surface area contributed by atoms with Crippen molar-refractivity contribution in [3.05, 3.63) is 39.0 Å². The van der Waals surface area contributed by atoms with Gasteiger partial charge in [0.2, 0.25) is 0 Å². The average Bonchev–Trinajstić information content (AvgIpc) is 2.30. The first kappa shape index (κ1) is 12.8. The average molecular weight is 251 g/mol. The van der Waals surface area contributed by atoms with Gasteiger partial charge in [0.05, 0.1) is 11.1 Å². The van der Waals surface area contributed by atoms with Crippen LogP contribution in [0.25, 0.3) is 10.4 Å². The van der Waals surface area contributed by atoms with Crippen molar-refractivity contribution in [1.29, 1.82) is 0 Å². The van der Waals surface area contributed by atoms with Crippen LogP contribution < -0.4 is 0 Å². The normalized spacial score (nSPS) is 8.76. The Morgan fingerprint density at radius 1 is 1.71 bits per heavy atom. The summed E-state index contributed by atoms with van der Waals surface area (Å²) in [6.07, 6.45) is 1.54. The Morgan fingerprint density at radius 3 is 3.12 bits per heavy atom. The van der Waals surface area contributed by atoms with E-state index in [0.29, 0.717) is 12.0 Å². The number of hydrogen-bond donors (Lipinski definition) is 1. The molecule has 1 aromatic heterocycles. The number of halogens is 1. The predicted molar refractivity (Wildman–Crippen MR) is 61.7 cm³/mol. The molecule has 86 valence electrons. The molecule has 0 bridgehead atoms. The highest BCUT2D eigenvalue weighted by atomic mass is 35.5. The van der Waals surface area contributed by atoms with E-state index >= 15 is 0 Å². The third-order valence-electron chi connectivity index (χ3n) is 1.71. The third-order valence-corrected chi connectivity index (χ3v) is 2.01. The van der Waals surface area contributed by atoms with E-state index in [2.05, 4.69) is 26.9 Å². The zero-order valence-electron chi connectivity index (χ0n) is 8.59. The Bertz CT molecular complexity index is 541. The highest BCUT2D eigenvalue weighted by molar-refractivity contribution is 6.30. The van der Waals surface area contributed by atoms with Crippen LogP contribution in [0, 0.1) is 11.8 Å². The van der Waals surface area contributed by atoms with Gasteiger partial charge in [-0.05, 0) is 11.6 Å². The van der Waals surface area contributed by atoms with Gasteiger partial charge in [0.25, 0.3) is 0 Å². The van der Waals surface area contributed by atoms with Crippen LogP contribution >= 0.6 is 11.6 Å². The minimum Gasteiger partial charge on any atom is -0.478 e. The van der Waals surface area contributed by atoms with Gasteiger partial charge < -0.3 is 5.11 Å². The number of aromatic nitrogens is 1. The molecule has 0 saturated heterocycles. The van der Waals surface area contributed by atoms with Crippen LogP contribution in [0.15, 0.2) is 17.4 Å². The standard InChI is InChI=1S/C10H7ClN4O2/c11-9-7(3-1-2-4-14-15-12)5-8(6-13-9)10(16)17/h5-6H,2,4H2,(H,16,17). The second-order valence-electron chi connectivity index (χ2n) is 2.87. The van der Waals surface area contributed by atoms with Crippen LogP contribution in [0.1, 0.15) is 22.3 Å². The van der Waals surface area contributed by atoms with Crippen molar-refractivity contribution in [2.24, 2.45) is 5.11 Å². The minimum absolute atomic E-state index is 0.0220. The van der Waals surface area contributed by atoms with E-state index < -0.39 is 5.97 Å². The van der Waals surface area contributed by atoms with E-state index in [0.717, 1.165) is 6.20 Å². The zero-order chi connectivity index (χ0) is 12.7. The number of aromatic carboxylic acids is 1. The smallest absolute Gasteiger partial charge is 0.337 e. The summed E-state index contributed by atoms with van der Waals surface area (Å²) in [6.45, 7) is 0.257. The van der Waals surface area contributed by atoms with E-state index in [4.69, 9.17) is 22.2 Å². The molecule has 1 rings (SSSR count). The maximum Gasteiger partial charge on any atom is 0.337 e. The molecule has 17 heavy (non-hydrogen) atoms. The van der Waals surface area contributed by atoms with Crippen LogP contribution in [0.2, 0.25) is 5.15 Å². The molecule has 0 amide bonds. The highest BCUT2D eigenvalue weighted by Gasteiger charge is 2.06. The number of azide groups is 1. The van der Waals surface area contributed by atoms with Crippen molar-refractivity contribution in [3.8, 4) is 11.8 Å². The molecular weight excluding hydrogens is 244 g/mol. The topological polar surface area (TPSA) is 99.0 Å². The summed E-state index contributed by atoms with van der Waals surface area (Å²) in [6, 6.07) is 1.35. The maximum absolute atomic E-state index is 10.7. The minimum atomic E-state index is -1.09. The highest BCUT2D eigenvalue weighted by Crippen LogP contribution is 2.13.